The summed E-state index contributed by atoms with van der Waals surface area (Å²) in [4.78, 5) is 0. The molecule has 0 rings (SSSR count). The zero-order valence-corrected chi connectivity index (χ0v) is 12.1. The van der Waals surface area contributed by atoms with Gasteiger partial charge in [-0.15, -0.1) is 0 Å². The van der Waals surface area contributed by atoms with Crippen LogP contribution in [0.4, 0.5) is 0 Å². The van der Waals surface area contributed by atoms with Crippen molar-refractivity contribution in [3.63, 3.8) is 0 Å². The normalized spacial score (nSPS) is 14.8. The van der Waals surface area contributed by atoms with Crippen LogP contribution in [0, 0.1) is 5.92 Å². The molecule has 0 spiro atoms. The van der Waals surface area contributed by atoms with Gasteiger partial charge in [-0.1, -0.05) is 20.8 Å². The number of hydrogen-bond acceptors (Lipinski definition) is 3. The number of ether oxygens (including phenoxy) is 2. The Kier molecular flexibility index (Phi) is 12.3. The third-order valence-electron chi connectivity index (χ3n) is 3.14. The van der Waals surface area contributed by atoms with Crippen LogP contribution in [0.2, 0.25) is 0 Å². The Morgan fingerprint density at radius 2 is 1.88 bits per heavy atom. The molecule has 0 aromatic rings. The van der Waals surface area contributed by atoms with Gasteiger partial charge in [-0.3, -0.25) is 0 Å². The predicted octanol–water partition coefficient (Wildman–Crippen LogP) is 2.84. The van der Waals surface area contributed by atoms with Crippen LogP contribution in [0.3, 0.4) is 0 Å². The highest BCUT2D eigenvalue weighted by atomic mass is 16.5. The van der Waals surface area contributed by atoms with E-state index < -0.39 is 0 Å². The van der Waals surface area contributed by atoms with E-state index in [0.717, 1.165) is 39.2 Å². The van der Waals surface area contributed by atoms with Crippen molar-refractivity contribution in [3.05, 3.63) is 0 Å². The first-order valence-electron chi connectivity index (χ1n) is 7.06. The first kappa shape index (κ1) is 16.9. The Hall–Kier alpha value is -0.120. The summed E-state index contributed by atoms with van der Waals surface area (Å²) in [5.41, 5.74) is 0. The average Bonchev–Trinajstić information content (AvgIpc) is 2.34. The van der Waals surface area contributed by atoms with Gasteiger partial charge in [0.2, 0.25) is 0 Å². The van der Waals surface area contributed by atoms with Gasteiger partial charge in [0.05, 0.1) is 0 Å². The van der Waals surface area contributed by atoms with Gasteiger partial charge in [0.25, 0.3) is 0 Å². The second kappa shape index (κ2) is 12.3. The van der Waals surface area contributed by atoms with Crippen LogP contribution in [0.25, 0.3) is 0 Å². The zero-order chi connectivity index (χ0) is 12.9. The molecular formula is C14H31NO2. The van der Waals surface area contributed by atoms with Crippen molar-refractivity contribution in [1.29, 1.82) is 0 Å². The van der Waals surface area contributed by atoms with E-state index >= 15 is 0 Å². The third-order valence-corrected chi connectivity index (χ3v) is 3.14. The van der Waals surface area contributed by atoms with E-state index in [1.807, 2.05) is 0 Å². The lowest BCUT2D eigenvalue weighted by molar-refractivity contribution is 0.0913. The van der Waals surface area contributed by atoms with Crippen LogP contribution in [-0.2, 0) is 9.47 Å². The van der Waals surface area contributed by atoms with Crippen molar-refractivity contribution in [2.24, 2.45) is 5.92 Å². The molecule has 0 aliphatic rings. The SMILES string of the molecule is CCCNC(CC)C(C)CCOCCCOC. The van der Waals surface area contributed by atoms with E-state index in [-0.39, 0.29) is 0 Å². The smallest absolute Gasteiger partial charge is 0.0487 e. The van der Waals surface area contributed by atoms with Crippen LogP contribution < -0.4 is 5.32 Å². The van der Waals surface area contributed by atoms with Gasteiger partial charge < -0.3 is 14.8 Å². The van der Waals surface area contributed by atoms with E-state index in [0.29, 0.717) is 12.0 Å². The molecule has 2 unspecified atom stereocenters. The maximum absolute atomic E-state index is 5.60. The molecule has 3 nitrogen and oxygen atoms in total. The highest BCUT2D eigenvalue weighted by Crippen LogP contribution is 2.11. The molecule has 0 aliphatic carbocycles. The van der Waals surface area contributed by atoms with E-state index in [4.69, 9.17) is 9.47 Å². The van der Waals surface area contributed by atoms with Gasteiger partial charge in [-0.2, -0.15) is 0 Å². The summed E-state index contributed by atoms with van der Waals surface area (Å²) >= 11 is 0. The molecule has 1 N–H and O–H groups in total. The van der Waals surface area contributed by atoms with Crippen LogP contribution in [0.15, 0.2) is 0 Å². The lowest BCUT2D eigenvalue weighted by Gasteiger charge is -2.23. The monoisotopic (exact) mass is 245 g/mol. The molecule has 2 atom stereocenters. The largest absolute Gasteiger partial charge is 0.385 e. The van der Waals surface area contributed by atoms with Crippen molar-refractivity contribution in [3.8, 4) is 0 Å². The summed E-state index contributed by atoms with van der Waals surface area (Å²) in [5.74, 6) is 0.689. The summed E-state index contributed by atoms with van der Waals surface area (Å²) in [5, 5.41) is 3.60. The number of methoxy groups -OCH3 is 1. The maximum Gasteiger partial charge on any atom is 0.0487 e. The first-order valence-corrected chi connectivity index (χ1v) is 7.06. The molecule has 17 heavy (non-hydrogen) atoms. The molecule has 0 bridgehead atoms. The van der Waals surface area contributed by atoms with Gasteiger partial charge >= 0.3 is 0 Å². The van der Waals surface area contributed by atoms with Gasteiger partial charge in [-0.25, -0.2) is 0 Å². The van der Waals surface area contributed by atoms with Crippen LogP contribution in [-0.4, -0.2) is 39.5 Å². The number of nitrogens with one attached hydrogen (secondary N) is 1. The molecule has 0 saturated carbocycles. The molecule has 3 heteroatoms. The summed E-state index contributed by atoms with van der Waals surface area (Å²) in [6.07, 6.45) is 4.54. The fraction of sp³-hybridized carbons (Fsp3) is 1.00. The standard InChI is InChI=1S/C14H31NO2/c1-5-9-15-14(6-2)13(3)8-12-17-11-7-10-16-4/h13-15H,5-12H2,1-4H3. The Balaban J connectivity index is 3.50. The lowest BCUT2D eigenvalue weighted by atomic mass is 9.96. The quantitative estimate of drug-likeness (QED) is 0.536. The molecule has 0 heterocycles. The second-order valence-electron chi connectivity index (χ2n) is 4.69. The van der Waals surface area contributed by atoms with Gasteiger partial charge in [0, 0.05) is 33.0 Å². The minimum Gasteiger partial charge on any atom is -0.385 e. The third kappa shape index (κ3) is 9.57. The van der Waals surface area contributed by atoms with Crippen LogP contribution >= 0.6 is 0 Å². The molecule has 104 valence electrons. The number of hydrogen-bond donors (Lipinski definition) is 1. The van der Waals surface area contributed by atoms with Gasteiger partial charge in [0.1, 0.15) is 0 Å². The molecular weight excluding hydrogens is 214 g/mol. The van der Waals surface area contributed by atoms with E-state index in [2.05, 4.69) is 26.1 Å². The molecule has 0 saturated heterocycles. The van der Waals surface area contributed by atoms with Gasteiger partial charge in [0.15, 0.2) is 0 Å². The van der Waals surface area contributed by atoms with Crippen molar-refractivity contribution in [2.45, 2.75) is 52.5 Å². The lowest BCUT2D eigenvalue weighted by Crippen LogP contribution is -2.35. The first-order chi connectivity index (χ1) is 8.26. The van der Waals surface area contributed by atoms with E-state index in [1.165, 1.54) is 12.8 Å². The average molecular weight is 245 g/mol. The highest BCUT2D eigenvalue weighted by molar-refractivity contribution is 4.71. The topological polar surface area (TPSA) is 30.5 Å². The predicted molar refractivity (Wildman–Crippen MR) is 73.5 cm³/mol. The summed E-state index contributed by atoms with van der Waals surface area (Å²) in [7, 11) is 1.73. The Morgan fingerprint density at radius 3 is 2.47 bits per heavy atom. The maximum atomic E-state index is 5.60. The molecule has 0 aliphatic heterocycles. The Morgan fingerprint density at radius 1 is 1.12 bits per heavy atom. The summed E-state index contributed by atoms with van der Waals surface area (Å²) in [6.45, 7) is 10.4. The van der Waals surface area contributed by atoms with E-state index in [1.54, 1.807) is 7.11 Å². The van der Waals surface area contributed by atoms with Gasteiger partial charge in [-0.05, 0) is 38.1 Å². The molecule has 0 aromatic heterocycles. The van der Waals surface area contributed by atoms with Crippen molar-refractivity contribution < 1.29 is 9.47 Å². The Labute approximate surface area is 107 Å². The van der Waals surface area contributed by atoms with E-state index in [9.17, 15) is 0 Å². The van der Waals surface area contributed by atoms with Crippen molar-refractivity contribution in [2.75, 3.05) is 33.5 Å². The molecule has 0 amide bonds. The highest BCUT2D eigenvalue weighted by Gasteiger charge is 2.13. The van der Waals surface area contributed by atoms with Crippen molar-refractivity contribution in [1.82, 2.24) is 5.32 Å². The molecule has 0 fully saturated rings. The molecule has 0 aromatic carbocycles. The second-order valence-corrected chi connectivity index (χ2v) is 4.69. The minimum absolute atomic E-state index is 0.637. The van der Waals surface area contributed by atoms with Crippen LogP contribution in [0.5, 0.6) is 0 Å². The minimum atomic E-state index is 0.637. The fourth-order valence-corrected chi connectivity index (χ4v) is 1.96. The fourth-order valence-electron chi connectivity index (χ4n) is 1.96. The van der Waals surface area contributed by atoms with Crippen molar-refractivity contribution >= 4 is 0 Å². The van der Waals surface area contributed by atoms with Crippen LogP contribution in [0.1, 0.15) is 46.5 Å². The molecule has 0 radical (unpaired) electrons. The number of rotatable bonds is 12. The summed E-state index contributed by atoms with van der Waals surface area (Å²) < 4.78 is 10.6. The summed E-state index contributed by atoms with van der Waals surface area (Å²) in [6, 6.07) is 0.637. The Bertz CT molecular complexity index is 153. The zero-order valence-electron chi connectivity index (χ0n) is 12.1.